The number of piperidine rings is 2. The van der Waals surface area contributed by atoms with Crippen molar-refractivity contribution in [3.8, 4) is 0 Å². The van der Waals surface area contributed by atoms with E-state index in [9.17, 15) is 0 Å². The Labute approximate surface area is 180 Å². The van der Waals surface area contributed by atoms with E-state index in [0.717, 1.165) is 37.2 Å². The topological polar surface area (TPSA) is 56.3 Å². The molecule has 3 heterocycles. The molecule has 0 bridgehead atoms. The number of aromatic nitrogens is 2. The average molecular weight is 417 g/mol. The Morgan fingerprint density at radius 2 is 1.62 bits per heavy atom. The Hall–Kier alpha value is -1.63. The van der Waals surface area contributed by atoms with Crippen molar-refractivity contribution in [2.75, 3.05) is 34.8 Å². The fourth-order valence-corrected chi connectivity index (χ4v) is 5.11. The lowest BCUT2D eigenvalue weighted by molar-refractivity contribution is 0.436. The molecule has 29 heavy (non-hydrogen) atoms. The van der Waals surface area contributed by atoms with E-state index in [-0.39, 0.29) is 0 Å². The standard InChI is InChI=1S/C22H36N6S/c1-16-10-13-27(14-11-16)19-15-20(28-12-6-5-7-17(28)2)25-21(24-19)26-22(29)23-18-8-3-4-9-18/h15-18H,3-14H2,1-2H3,(H2,23,24,25,26,29)/t17-/m1/s1. The zero-order valence-electron chi connectivity index (χ0n) is 18.0. The molecule has 7 heteroatoms. The fraction of sp³-hybridized carbons (Fsp3) is 0.773. The lowest BCUT2D eigenvalue weighted by atomic mass is 9.99. The molecule has 4 rings (SSSR count). The van der Waals surface area contributed by atoms with Crippen LogP contribution in [-0.4, -0.2) is 46.8 Å². The van der Waals surface area contributed by atoms with Crippen molar-refractivity contribution in [2.45, 2.75) is 83.7 Å². The van der Waals surface area contributed by atoms with Gasteiger partial charge in [-0.3, -0.25) is 0 Å². The summed E-state index contributed by atoms with van der Waals surface area (Å²) in [4.78, 5) is 14.6. The maximum Gasteiger partial charge on any atom is 0.232 e. The van der Waals surface area contributed by atoms with E-state index in [1.54, 1.807) is 0 Å². The minimum atomic E-state index is 0.489. The highest BCUT2D eigenvalue weighted by molar-refractivity contribution is 7.80. The summed E-state index contributed by atoms with van der Waals surface area (Å²) in [6.45, 7) is 7.86. The second kappa shape index (κ2) is 9.45. The molecule has 0 radical (unpaired) electrons. The van der Waals surface area contributed by atoms with Gasteiger partial charge in [-0.05, 0) is 70.0 Å². The van der Waals surface area contributed by atoms with Gasteiger partial charge in [0.1, 0.15) is 11.6 Å². The molecule has 0 spiro atoms. The first-order chi connectivity index (χ1) is 14.1. The number of nitrogens with one attached hydrogen (secondary N) is 2. The van der Waals surface area contributed by atoms with Crippen LogP contribution in [0.25, 0.3) is 0 Å². The molecule has 2 aliphatic heterocycles. The lowest BCUT2D eigenvalue weighted by Crippen LogP contribution is -2.39. The lowest BCUT2D eigenvalue weighted by Gasteiger charge is -2.36. The van der Waals surface area contributed by atoms with Crippen LogP contribution in [0.3, 0.4) is 0 Å². The average Bonchev–Trinajstić information content (AvgIpc) is 3.21. The van der Waals surface area contributed by atoms with Crippen LogP contribution in [0.5, 0.6) is 0 Å². The Morgan fingerprint density at radius 1 is 0.931 bits per heavy atom. The predicted molar refractivity (Wildman–Crippen MR) is 125 cm³/mol. The molecule has 0 aromatic carbocycles. The third kappa shape index (κ3) is 5.30. The normalized spacial score (nSPS) is 24.0. The van der Waals surface area contributed by atoms with Gasteiger partial charge in [0.05, 0.1) is 0 Å². The molecule has 160 valence electrons. The first-order valence-electron chi connectivity index (χ1n) is 11.6. The van der Waals surface area contributed by atoms with Crippen LogP contribution in [0.1, 0.15) is 71.6 Å². The predicted octanol–water partition coefficient (Wildman–Crippen LogP) is 4.32. The van der Waals surface area contributed by atoms with E-state index >= 15 is 0 Å². The molecule has 6 nitrogen and oxygen atoms in total. The molecule has 3 aliphatic rings. The van der Waals surface area contributed by atoms with E-state index in [1.807, 2.05) is 0 Å². The van der Waals surface area contributed by atoms with E-state index in [2.05, 4.69) is 40.3 Å². The van der Waals surface area contributed by atoms with Gasteiger partial charge in [-0.1, -0.05) is 19.8 Å². The van der Waals surface area contributed by atoms with Gasteiger partial charge in [-0.15, -0.1) is 0 Å². The molecular weight excluding hydrogens is 380 g/mol. The largest absolute Gasteiger partial charge is 0.360 e. The minimum Gasteiger partial charge on any atom is -0.360 e. The Balaban J connectivity index is 1.54. The molecule has 2 N–H and O–H groups in total. The third-order valence-corrected chi connectivity index (χ3v) is 7.04. The summed E-state index contributed by atoms with van der Waals surface area (Å²) in [5.41, 5.74) is 0. The number of hydrogen-bond donors (Lipinski definition) is 2. The smallest absolute Gasteiger partial charge is 0.232 e. The second-order valence-electron chi connectivity index (χ2n) is 9.20. The molecule has 1 saturated carbocycles. The first-order valence-corrected chi connectivity index (χ1v) is 12.0. The summed E-state index contributed by atoms with van der Waals surface area (Å²) in [7, 11) is 0. The molecule has 2 saturated heterocycles. The molecule has 3 fully saturated rings. The van der Waals surface area contributed by atoms with Crippen LogP contribution in [0.4, 0.5) is 17.6 Å². The number of anilines is 3. The molecule has 1 aromatic heterocycles. The Bertz CT molecular complexity index is 697. The number of thiocarbonyl (C=S) groups is 1. The number of hydrogen-bond acceptors (Lipinski definition) is 5. The van der Waals surface area contributed by atoms with Crippen molar-refractivity contribution >= 4 is 34.9 Å². The van der Waals surface area contributed by atoms with Crippen molar-refractivity contribution in [1.29, 1.82) is 0 Å². The van der Waals surface area contributed by atoms with Gasteiger partial charge in [0.2, 0.25) is 5.95 Å². The van der Waals surface area contributed by atoms with Gasteiger partial charge in [-0.2, -0.15) is 9.97 Å². The number of nitrogens with zero attached hydrogens (tertiary/aromatic N) is 4. The molecular formula is C22H36N6S. The Kier molecular flexibility index (Phi) is 6.73. The van der Waals surface area contributed by atoms with Crippen molar-refractivity contribution in [2.24, 2.45) is 5.92 Å². The highest BCUT2D eigenvalue weighted by Crippen LogP contribution is 2.29. The fourth-order valence-electron chi connectivity index (χ4n) is 4.86. The van der Waals surface area contributed by atoms with Crippen LogP contribution < -0.4 is 20.4 Å². The molecule has 1 aliphatic carbocycles. The van der Waals surface area contributed by atoms with Gasteiger partial charge in [0.25, 0.3) is 0 Å². The summed E-state index contributed by atoms with van der Waals surface area (Å²) < 4.78 is 0. The summed E-state index contributed by atoms with van der Waals surface area (Å²) in [6, 6.07) is 3.20. The van der Waals surface area contributed by atoms with E-state index < -0.39 is 0 Å². The minimum absolute atomic E-state index is 0.489. The van der Waals surface area contributed by atoms with Gasteiger partial charge >= 0.3 is 0 Å². The summed E-state index contributed by atoms with van der Waals surface area (Å²) in [5, 5.41) is 7.40. The van der Waals surface area contributed by atoms with Crippen LogP contribution in [0.2, 0.25) is 0 Å². The van der Waals surface area contributed by atoms with Crippen molar-refractivity contribution in [1.82, 2.24) is 15.3 Å². The monoisotopic (exact) mass is 416 g/mol. The van der Waals surface area contributed by atoms with Crippen molar-refractivity contribution < 1.29 is 0 Å². The molecule has 1 aromatic rings. The quantitative estimate of drug-likeness (QED) is 0.709. The maximum atomic E-state index is 5.58. The summed E-state index contributed by atoms with van der Waals surface area (Å²) >= 11 is 5.58. The highest BCUT2D eigenvalue weighted by Gasteiger charge is 2.24. The second-order valence-corrected chi connectivity index (χ2v) is 9.60. The first kappa shape index (κ1) is 20.6. The van der Waals surface area contributed by atoms with Gasteiger partial charge in [0, 0.05) is 37.8 Å². The van der Waals surface area contributed by atoms with Gasteiger partial charge < -0.3 is 20.4 Å². The van der Waals surface area contributed by atoms with E-state index in [0.29, 0.717) is 23.1 Å². The highest BCUT2D eigenvalue weighted by atomic mass is 32.1. The summed E-state index contributed by atoms with van der Waals surface area (Å²) in [6.07, 6.45) is 11.2. The van der Waals surface area contributed by atoms with Gasteiger partial charge in [-0.25, -0.2) is 0 Å². The van der Waals surface area contributed by atoms with Crippen LogP contribution in [0, 0.1) is 5.92 Å². The Morgan fingerprint density at radius 3 is 2.34 bits per heavy atom. The van der Waals surface area contributed by atoms with Crippen LogP contribution >= 0.6 is 12.2 Å². The maximum absolute atomic E-state index is 5.58. The van der Waals surface area contributed by atoms with E-state index in [1.165, 1.54) is 57.8 Å². The molecule has 0 amide bonds. The zero-order chi connectivity index (χ0) is 20.2. The van der Waals surface area contributed by atoms with Crippen LogP contribution in [-0.2, 0) is 0 Å². The zero-order valence-corrected chi connectivity index (χ0v) is 18.8. The van der Waals surface area contributed by atoms with Gasteiger partial charge in [0.15, 0.2) is 5.11 Å². The third-order valence-electron chi connectivity index (χ3n) is 6.82. The summed E-state index contributed by atoms with van der Waals surface area (Å²) in [5.74, 6) is 3.50. The van der Waals surface area contributed by atoms with Crippen molar-refractivity contribution in [3.63, 3.8) is 0 Å². The van der Waals surface area contributed by atoms with E-state index in [4.69, 9.17) is 22.2 Å². The SMILES string of the molecule is CC1CCN(c2cc(N3CCCC[C@H]3C)nc(NC(=S)NC3CCCC3)n2)CC1. The van der Waals surface area contributed by atoms with Crippen molar-refractivity contribution in [3.05, 3.63) is 6.07 Å². The molecule has 0 unspecified atom stereocenters. The van der Waals surface area contributed by atoms with Crippen LogP contribution in [0.15, 0.2) is 6.07 Å². The number of rotatable bonds is 4. The molecule has 1 atom stereocenters.